The summed E-state index contributed by atoms with van der Waals surface area (Å²) in [5, 5.41) is 8.09. The molecule has 2 aromatic carbocycles. The molecule has 0 spiro atoms. The monoisotopic (exact) mass is 462 g/mol. The molecule has 3 N–H and O–H groups in total. The molecule has 4 rings (SSSR count). The minimum Gasteiger partial charge on any atom is -0.353 e. The molecule has 2 heterocycles. The van der Waals surface area contributed by atoms with Crippen molar-refractivity contribution in [1.82, 2.24) is 14.9 Å². The summed E-state index contributed by atoms with van der Waals surface area (Å²) in [6.07, 6.45) is 5.85. The van der Waals surface area contributed by atoms with Gasteiger partial charge in [-0.2, -0.15) is 0 Å². The molecule has 1 aliphatic heterocycles. The van der Waals surface area contributed by atoms with Gasteiger partial charge in [0.1, 0.15) is 11.6 Å². The van der Waals surface area contributed by atoms with E-state index in [0.717, 1.165) is 44.4 Å². The number of nitrogens with one attached hydrogen (secondary N) is 3. The minimum absolute atomic E-state index is 0.248. The Morgan fingerprint density at radius 1 is 0.971 bits per heavy atom. The van der Waals surface area contributed by atoms with Crippen LogP contribution >= 0.6 is 0 Å². The summed E-state index contributed by atoms with van der Waals surface area (Å²) in [6, 6.07) is 8.99. The van der Waals surface area contributed by atoms with Gasteiger partial charge in [0.25, 0.3) is 0 Å². The van der Waals surface area contributed by atoms with Crippen LogP contribution in [0.2, 0.25) is 0 Å². The highest BCUT2D eigenvalue weighted by Crippen LogP contribution is 2.16. The van der Waals surface area contributed by atoms with Crippen molar-refractivity contribution in [3.8, 4) is 11.8 Å². The summed E-state index contributed by atoms with van der Waals surface area (Å²) in [4.78, 5) is 23.2. The van der Waals surface area contributed by atoms with E-state index >= 15 is 0 Å². The molecule has 0 saturated carbocycles. The number of amides is 2. The van der Waals surface area contributed by atoms with Gasteiger partial charge in [-0.05, 0) is 56.3 Å². The van der Waals surface area contributed by atoms with Gasteiger partial charge in [0, 0.05) is 42.8 Å². The number of halogens is 2. The molecule has 1 aromatic heterocycles. The van der Waals surface area contributed by atoms with E-state index < -0.39 is 17.7 Å². The Labute approximate surface area is 196 Å². The Morgan fingerprint density at radius 2 is 1.74 bits per heavy atom. The third kappa shape index (κ3) is 6.73. The minimum atomic E-state index is -0.730. The fourth-order valence-corrected chi connectivity index (χ4v) is 3.51. The Kier molecular flexibility index (Phi) is 7.63. The van der Waals surface area contributed by atoms with Crippen molar-refractivity contribution in [2.24, 2.45) is 0 Å². The molecular weight excluding hydrogens is 438 g/mol. The van der Waals surface area contributed by atoms with Crippen molar-refractivity contribution in [3.63, 3.8) is 0 Å². The lowest BCUT2D eigenvalue weighted by Crippen LogP contribution is -2.26. The summed E-state index contributed by atoms with van der Waals surface area (Å²) in [5.74, 6) is 5.18. The lowest BCUT2D eigenvalue weighted by atomic mass is 10.2. The third-order valence-electron chi connectivity index (χ3n) is 5.21. The van der Waals surface area contributed by atoms with Gasteiger partial charge in [-0.3, -0.25) is 0 Å². The predicted molar refractivity (Wildman–Crippen MR) is 128 cm³/mol. The van der Waals surface area contributed by atoms with Crippen molar-refractivity contribution < 1.29 is 13.6 Å². The normalized spacial score (nSPS) is 13.1. The molecule has 0 aliphatic carbocycles. The number of nitrogens with zero attached hydrogens (tertiary/aromatic N) is 3. The first-order chi connectivity index (χ1) is 16.5. The van der Waals surface area contributed by atoms with E-state index in [2.05, 4.69) is 42.7 Å². The zero-order chi connectivity index (χ0) is 23.8. The number of carbonyl (C=O) groups is 1. The van der Waals surface area contributed by atoms with Crippen LogP contribution in [0, 0.1) is 23.5 Å². The molecule has 1 aliphatic rings. The summed E-state index contributed by atoms with van der Waals surface area (Å²) in [5.41, 5.74) is 1.52. The molecule has 7 nitrogen and oxygen atoms in total. The second-order valence-electron chi connectivity index (χ2n) is 7.80. The number of hydrogen-bond acceptors (Lipinski definition) is 5. The maximum Gasteiger partial charge on any atom is 0.323 e. The van der Waals surface area contributed by atoms with Crippen LogP contribution in [0.15, 0.2) is 54.9 Å². The van der Waals surface area contributed by atoms with Crippen LogP contribution in [0.25, 0.3) is 0 Å². The van der Waals surface area contributed by atoms with Gasteiger partial charge in [-0.15, -0.1) is 0 Å². The highest BCUT2D eigenvalue weighted by Gasteiger charge is 2.10. The van der Waals surface area contributed by atoms with Crippen LogP contribution in [0.3, 0.4) is 0 Å². The molecular formula is C25H24F2N6O. The van der Waals surface area contributed by atoms with E-state index in [4.69, 9.17) is 0 Å². The largest absolute Gasteiger partial charge is 0.353 e. The summed E-state index contributed by atoms with van der Waals surface area (Å²) < 4.78 is 27.0. The summed E-state index contributed by atoms with van der Waals surface area (Å²) in [7, 11) is 0. The van der Waals surface area contributed by atoms with E-state index in [9.17, 15) is 13.6 Å². The first-order valence-electron chi connectivity index (χ1n) is 11.0. The lowest BCUT2D eigenvalue weighted by molar-refractivity contribution is 0.262. The third-order valence-corrected chi connectivity index (χ3v) is 5.21. The van der Waals surface area contributed by atoms with Crippen molar-refractivity contribution in [2.45, 2.75) is 12.8 Å². The Hall–Kier alpha value is -4.03. The molecule has 0 bridgehead atoms. The number of rotatable bonds is 6. The average Bonchev–Trinajstić information content (AvgIpc) is 3.35. The zero-order valence-corrected chi connectivity index (χ0v) is 18.4. The van der Waals surface area contributed by atoms with Gasteiger partial charge in [0.05, 0.1) is 11.3 Å². The maximum atomic E-state index is 13.7. The zero-order valence-electron chi connectivity index (χ0n) is 18.4. The highest BCUT2D eigenvalue weighted by molar-refractivity contribution is 5.99. The topological polar surface area (TPSA) is 82.2 Å². The number of hydrogen-bond donors (Lipinski definition) is 3. The van der Waals surface area contributed by atoms with E-state index in [0.29, 0.717) is 22.8 Å². The van der Waals surface area contributed by atoms with E-state index in [-0.39, 0.29) is 5.69 Å². The van der Waals surface area contributed by atoms with E-state index in [1.165, 1.54) is 12.8 Å². The number of likely N-dealkylation sites (tertiary alicyclic amines) is 1. The van der Waals surface area contributed by atoms with Crippen LogP contribution in [0.5, 0.6) is 0 Å². The molecule has 0 atom stereocenters. The molecule has 2 amide bonds. The molecule has 1 saturated heterocycles. The highest BCUT2D eigenvalue weighted by atomic mass is 19.1. The second kappa shape index (κ2) is 11.2. The Bertz CT molecular complexity index is 1200. The van der Waals surface area contributed by atoms with Gasteiger partial charge in [0.2, 0.25) is 5.95 Å². The Morgan fingerprint density at radius 3 is 2.53 bits per heavy atom. The number of benzene rings is 2. The number of urea groups is 1. The quantitative estimate of drug-likeness (QED) is 0.476. The van der Waals surface area contributed by atoms with Crippen LogP contribution in [0.4, 0.5) is 30.9 Å². The standard InChI is InChI=1S/C25H24F2N6O/c26-20-8-9-22(27)23(15-20)32-25(34)31-21-5-3-4-18(14-21)6-7-19-16-29-24(30-17-19)28-10-13-33-11-1-2-12-33/h3-5,8-9,14-17H,1-2,10-13H2,(H,28,29,30)(H2,31,32,34). The van der Waals surface area contributed by atoms with Crippen molar-refractivity contribution >= 4 is 23.4 Å². The van der Waals surface area contributed by atoms with E-state index in [1.54, 1.807) is 36.7 Å². The van der Waals surface area contributed by atoms with Crippen LogP contribution in [-0.4, -0.2) is 47.1 Å². The Balaban J connectivity index is 1.31. The lowest BCUT2D eigenvalue weighted by Gasteiger charge is -2.14. The van der Waals surface area contributed by atoms with Gasteiger partial charge < -0.3 is 20.9 Å². The molecule has 34 heavy (non-hydrogen) atoms. The molecule has 1 fully saturated rings. The van der Waals surface area contributed by atoms with E-state index in [1.807, 2.05) is 0 Å². The van der Waals surface area contributed by atoms with Gasteiger partial charge in [0.15, 0.2) is 0 Å². The molecule has 3 aromatic rings. The fourth-order valence-electron chi connectivity index (χ4n) is 3.51. The molecule has 9 heteroatoms. The van der Waals surface area contributed by atoms with Crippen molar-refractivity contribution in [1.29, 1.82) is 0 Å². The second-order valence-corrected chi connectivity index (χ2v) is 7.80. The van der Waals surface area contributed by atoms with Crippen LogP contribution in [0.1, 0.15) is 24.0 Å². The molecule has 0 radical (unpaired) electrons. The predicted octanol–water partition coefficient (Wildman–Crippen LogP) is 4.31. The van der Waals surface area contributed by atoms with Crippen LogP contribution < -0.4 is 16.0 Å². The van der Waals surface area contributed by atoms with Crippen molar-refractivity contribution in [2.75, 3.05) is 42.1 Å². The average molecular weight is 463 g/mol. The molecule has 174 valence electrons. The molecule has 0 unspecified atom stereocenters. The SMILES string of the molecule is O=C(Nc1cccc(C#Cc2cnc(NCCN3CCCC3)nc2)c1)Nc1cc(F)ccc1F. The number of anilines is 3. The van der Waals surface area contributed by atoms with Gasteiger partial charge in [-0.1, -0.05) is 17.9 Å². The van der Waals surface area contributed by atoms with Crippen molar-refractivity contribution in [3.05, 3.63) is 77.6 Å². The smallest absolute Gasteiger partial charge is 0.323 e. The first kappa shape index (κ1) is 23.1. The maximum absolute atomic E-state index is 13.7. The number of carbonyl (C=O) groups excluding carboxylic acids is 1. The number of aromatic nitrogens is 2. The van der Waals surface area contributed by atoms with Gasteiger partial charge >= 0.3 is 6.03 Å². The summed E-state index contributed by atoms with van der Waals surface area (Å²) >= 11 is 0. The fraction of sp³-hybridized carbons (Fsp3) is 0.240. The summed E-state index contributed by atoms with van der Waals surface area (Å²) in [6.45, 7) is 4.09. The van der Waals surface area contributed by atoms with Gasteiger partial charge in [-0.25, -0.2) is 23.5 Å². The van der Waals surface area contributed by atoms with Crippen LogP contribution in [-0.2, 0) is 0 Å². The first-order valence-corrected chi connectivity index (χ1v) is 11.0.